The molecule has 16 heteroatoms. The van der Waals surface area contributed by atoms with E-state index in [-0.39, 0.29) is 11.4 Å². The first kappa shape index (κ1) is 22.8. The van der Waals surface area contributed by atoms with E-state index < -0.39 is 58.6 Å². The molecule has 0 unspecified atom stereocenters. The van der Waals surface area contributed by atoms with E-state index in [1.807, 2.05) is 0 Å². The first-order valence-corrected chi connectivity index (χ1v) is 11.1. The molecule has 0 aliphatic rings. The van der Waals surface area contributed by atoms with E-state index in [2.05, 4.69) is 15.3 Å². The van der Waals surface area contributed by atoms with Crippen LogP contribution >= 0.6 is 0 Å². The minimum atomic E-state index is -4.76. The molecular weight excluding hydrogens is 470 g/mol. The molecule has 168 valence electrons. The van der Waals surface area contributed by atoms with Gasteiger partial charge >= 0.3 is 5.97 Å². The quantitative estimate of drug-likeness (QED) is 0.192. The summed E-state index contributed by atoms with van der Waals surface area (Å²) in [5.41, 5.74) is 2.62. The van der Waals surface area contributed by atoms with Crippen LogP contribution in [0.1, 0.15) is 10.5 Å². The number of aromatic carboxylic acids is 1. The van der Waals surface area contributed by atoms with Crippen molar-refractivity contribution in [2.24, 2.45) is 10.2 Å². The Labute approximate surface area is 179 Å². The number of aromatic amines is 1. The van der Waals surface area contributed by atoms with Gasteiger partial charge in [-0.1, -0.05) is 0 Å². The third-order valence-corrected chi connectivity index (χ3v) is 5.74. The molecule has 0 spiro atoms. The molecule has 0 bridgehead atoms. The minimum Gasteiger partial charge on any atom is -0.476 e. The van der Waals surface area contributed by atoms with Crippen molar-refractivity contribution in [1.29, 1.82) is 0 Å². The van der Waals surface area contributed by atoms with E-state index in [1.165, 1.54) is 6.07 Å². The zero-order chi connectivity index (χ0) is 23.8. The van der Waals surface area contributed by atoms with Gasteiger partial charge in [-0.25, -0.2) is 9.48 Å². The van der Waals surface area contributed by atoms with E-state index in [0.29, 0.717) is 0 Å². The third kappa shape index (κ3) is 4.57. The summed E-state index contributed by atoms with van der Waals surface area (Å²) in [6.45, 7) is 0. The Kier molecular flexibility index (Phi) is 5.71. The second kappa shape index (κ2) is 8.00. The number of hydrogen-bond acceptors (Lipinski definition) is 9. The van der Waals surface area contributed by atoms with E-state index in [1.54, 1.807) is 0 Å². The molecule has 3 aromatic rings. The predicted molar refractivity (Wildman–Crippen MR) is 108 cm³/mol. The summed E-state index contributed by atoms with van der Waals surface area (Å²) in [5, 5.41) is 18.7. The van der Waals surface area contributed by atoms with Gasteiger partial charge in [0, 0.05) is 5.69 Å². The SMILES string of the molecule is Nc1ccc(N=Nc2c(C(=O)O)[nH]n(-c3ccc(S(=O)(=O)O)cc3)c2=O)c(S(=O)(=O)O)c1. The summed E-state index contributed by atoms with van der Waals surface area (Å²) in [7, 11) is -9.25. The maximum Gasteiger partial charge on any atom is 0.356 e. The van der Waals surface area contributed by atoms with Gasteiger partial charge in [-0.15, -0.1) is 10.2 Å². The van der Waals surface area contributed by atoms with Gasteiger partial charge in [-0.3, -0.25) is 19.0 Å². The number of azo groups is 1. The van der Waals surface area contributed by atoms with Gasteiger partial charge in [0.1, 0.15) is 10.6 Å². The molecule has 14 nitrogen and oxygen atoms in total. The normalized spacial score (nSPS) is 12.3. The Morgan fingerprint density at radius 1 is 0.969 bits per heavy atom. The molecule has 2 aromatic carbocycles. The second-order valence-corrected chi connectivity index (χ2v) is 8.96. The van der Waals surface area contributed by atoms with E-state index in [9.17, 15) is 36.1 Å². The standard InChI is InChI=1S/C16H13N5O9S2/c17-8-1-6-11(12(7-8)32(28,29)30)18-19-13-14(16(23)24)20-21(15(13)22)9-2-4-10(5-3-9)31(25,26)27/h1-7,20H,17H2,(H,23,24)(H,25,26,27)(H,28,29,30). The number of hydrogen-bond donors (Lipinski definition) is 5. The number of H-pyrrole nitrogens is 1. The topological polar surface area (TPSA) is 235 Å². The number of benzene rings is 2. The van der Waals surface area contributed by atoms with Crippen LogP contribution in [0.2, 0.25) is 0 Å². The highest BCUT2D eigenvalue weighted by molar-refractivity contribution is 7.86. The van der Waals surface area contributed by atoms with Crippen LogP contribution in [-0.4, -0.2) is 46.8 Å². The zero-order valence-corrected chi connectivity index (χ0v) is 17.2. The van der Waals surface area contributed by atoms with Crippen molar-refractivity contribution in [3.63, 3.8) is 0 Å². The molecule has 0 saturated carbocycles. The monoisotopic (exact) mass is 483 g/mol. The van der Waals surface area contributed by atoms with Gasteiger partial charge in [0.25, 0.3) is 25.8 Å². The van der Waals surface area contributed by atoms with Crippen molar-refractivity contribution >= 4 is 43.3 Å². The van der Waals surface area contributed by atoms with Crippen LogP contribution in [-0.2, 0) is 20.2 Å². The van der Waals surface area contributed by atoms with Gasteiger partial charge in [0.2, 0.25) is 0 Å². The molecule has 0 aliphatic carbocycles. The van der Waals surface area contributed by atoms with Gasteiger partial charge in [-0.2, -0.15) is 16.8 Å². The number of carboxylic acids is 1. The fourth-order valence-corrected chi connectivity index (χ4v) is 3.68. The maximum absolute atomic E-state index is 12.7. The Morgan fingerprint density at radius 3 is 2.12 bits per heavy atom. The number of anilines is 1. The molecular formula is C16H13N5O9S2. The summed E-state index contributed by atoms with van der Waals surface area (Å²) < 4.78 is 64.4. The predicted octanol–water partition coefficient (Wildman–Crippen LogP) is 1.35. The van der Waals surface area contributed by atoms with Crippen molar-refractivity contribution in [3.05, 3.63) is 58.5 Å². The van der Waals surface area contributed by atoms with Crippen LogP contribution in [0.25, 0.3) is 5.69 Å². The fraction of sp³-hybridized carbons (Fsp3) is 0. The van der Waals surface area contributed by atoms with E-state index >= 15 is 0 Å². The highest BCUT2D eigenvalue weighted by atomic mass is 32.2. The summed E-state index contributed by atoms with van der Waals surface area (Å²) in [6.07, 6.45) is 0. The van der Waals surface area contributed by atoms with E-state index in [4.69, 9.17) is 10.3 Å². The largest absolute Gasteiger partial charge is 0.476 e. The lowest BCUT2D eigenvalue weighted by atomic mass is 10.3. The summed E-state index contributed by atoms with van der Waals surface area (Å²) in [5.74, 6) is -1.60. The third-order valence-electron chi connectivity index (χ3n) is 3.99. The number of rotatable bonds is 6. The summed E-state index contributed by atoms with van der Waals surface area (Å²) in [6, 6.07) is 7.41. The van der Waals surface area contributed by atoms with Gasteiger partial charge in [-0.05, 0) is 42.5 Å². The van der Waals surface area contributed by atoms with E-state index in [0.717, 1.165) is 41.1 Å². The Hall–Kier alpha value is -3.86. The molecule has 0 amide bonds. The summed E-state index contributed by atoms with van der Waals surface area (Å²) in [4.78, 5) is 23.1. The molecule has 0 aliphatic heterocycles. The van der Waals surface area contributed by atoms with Crippen LogP contribution in [0.15, 0.2) is 67.3 Å². The lowest BCUT2D eigenvalue weighted by Crippen LogP contribution is -2.14. The Bertz CT molecular complexity index is 1520. The number of carboxylic acid groups (broad SMARTS) is 1. The molecule has 1 aromatic heterocycles. The number of aromatic nitrogens is 2. The minimum absolute atomic E-state index is 0.00235. The average molecular weight is 483 g/mol. The molecule has 6 N–H and O–H groups in total. The Balaban J connectivity index is 2.13. The molecule has 0 fully saturated rings. The van der Waals surface area contributed by atoms with Crippen LogP contribution in [0, 0.1) is 0 Å². The van der Waals surface area contributed by atoms with Crippen LogP contribution < -0.4 is 11.3 Å². The molecule has 0 saturated heterocycles. The van der Waals surface area contributed by atoms with Crippen molar-refractivity contribution in [2.75, 3.05) is 5.73 Å². The second-order valence-electron chi connectivity index (χ2n) is 6.15. The summed E-state index contributed by atoms with van der Waals surface area (Å²) >= 11 is 0. The van der Waals surface area contributed by atoms with Crippen molar-refractivity contribution in [1.82, 2.24) is 9.78 Å². The molecule has 1 heterocycles. The Morgan fingerprint density at radius 2 is 1.59 bits per heavy atom. The highest BCUT2D eigenvalue weighted by Crippen LogP contribution is 2.28. The van der Waals surface area contributed by atoms with Crippen LogP contribution in [0.3, 0.4) is 0 Å². The smallest absolute Gasteiger partial charge is 0.356 e. The van der Waals surface area contributed by atoms with Crippen molar-refractivity contribution in [2.45, 2.75) is 9.79 Å². The lowest BCUT2D eigenvalue weighted by molar-refractivity contribution is 0.0690. The van der Waals surface area contributed by atoms with Gasteiger partial charge in [0.05, 0.1) is 10.6 Å². The van der Waals surface area contributed by atoms with Crippen LogP contribution in [0.4, 0.5) is 17.1 Å². The molecule has 0 atom stereocenters. The van der Waals surface area contributed by atoms with Gasteiger partial charge in [0.15, 0.2) is 11.4 Å². The highest BCUT2D eigenvalue weighted by Gasteiger charge is 2.22. The van der Waals surface area contributed by atoms with Crippen LogP contribution in [0.5, 0.6) is 0 Å². The average Bonchev–Trinajstić information content (AvgIpc) is 3.02. The van der Waals surface area contributed by atoms with Crippen molar-refractivity contribution < 1.29 is 35.8 Å². The number of nitrogens with two attached hydrogens (primary N) is 1. The first-order valence-electron chi connectivity index (χ1n) is 8.24. The van der Waals surface area contributed by atoms with Gasteiger partial charge < -0.3 is 10.8 Å². The fourth-order valence-electron chi connectivity index (χ4n) is 2.54. The first-order chi connectivity index (χ1) is 14.8. The molecule has 3 rings (SSSR count). The lowest BCUT2D eigenvalue weighted by Gasteiger charge is -2.02. The number of carbonyl (C=O) groups is 1. The number of nitrogen functional groups attached to an aromatic ring is 1. The number of nitrogens with one attached hydrogen (secondary N) is 1. The van der Waals surface area contributed by atoms with Crippen molar-refractivity contribution in [3.8, 4) is 5.69 Å². The molecule has 32 heavy (non-hydrogen) atoms. The number of nitrogens with zero attached hydrogens (tertiary/aromatic N) is 3. The molecule has 0 radical (unpaired) electrons. The maximum atomic E-state index is 12.7. The zero-order valence-electron chi connectivity index (χ0n) is 15.6.